The second-order valence-electron chi connectivity index (χ2n) is 6.79. The van der Waals surface area contributed by atoms with Crippen LogP contribution in [-0.4, -0.2) is 51.8 Å². The fourth-order valence-electron chi connectivity index (χ4n) is 2.67. The predicted octanol–water partition coefficient (Wildman–Crippen LogP) is 2.45. The summed E-state index contributed by atoms with van der Waals surface area (Å²) in [7, 11) is 0. The highest BCUT2D eigenvalue weighted by atomic mass is 32.1. The van der Waals surface area contributed by atoms with E-state index in [9.17, 15) is 4.79 Å². The highest BCUT2D eigenvalue weighted by Crippen LogP contribution is 2.20. The summed E-state index contributed by atoms with van der Waals surface area (Å²) >= 11 is 1.65. The number of nitrogens with zero attached hydrogens (tertiary/aromatic N) is 5. The third-order valence-corrected chi connectivity index (χ3v) is 4.82. The maximum Gasteiger partial charge on any atom is 0.257 e. The monoisotopic (exact) mass is 333 g/mol. The van der Waals surface area contributed by atoms with Gasteiger partial charge in [-0.3, -0.25) is 9.48 Å². The van der Waals surface area contributed by atoms with Crippen LogP contribution in [0.15, 0.2) is 24.0 Å². The maximum absolute atomic E-state index is 12.7. The number of hydrogen-bond donors (Lipinski definition) is 0. The molecule has 1 amide bonds. The van der Waals surface area contributed by atoms with Crippen molar-refractivity contribution in [3.8, 4) is 0 Å². The Labute approximate surface area is 140 Å². The molecular weight excluding hydrogens is 310 g/mol. The molecule has 0 radical (unpaired) electrons. The minimum atomic E-state index is -0.112. The van der Waals surface area contributed by atoms with Crippen molar-refractivity contribution in [1.82, 2.24) is 19.7 Å². The van der Waals surface area contributed by atoms with Crippen LogP contribution in [0.4, 0.5) is 5.13 Å². The molecule has 1 aliphatic heterocycles. The molecule has 1 aliphatic rings. The molecule has 6 nitrogen and oxygen atoms in total. The van der Waals surface area contributed by atoms with Crippen LogP contribution < -0.4 is 4.90 Å². The van der Waals surface area contributed by atoms with E-state index in [0.29, 0.717) is 5.56 Å². The van der Waals surface area contributed by atoms with E-state index in [0.717, 1.165) is 37.7 Å². The highest BCUT2D eigenvalue weighted by Gasteiger charge is 2.23. The zero-order valence-corrected chi connectivity index (χ0v) is 14.7. The zero-order valence-electron chi connectivity index (χ0n) is 13.9. The van der Waals surface area contributed by atoms with Crippen LogP contribution in [0.5, 0.6) is 0 Å². The quantitative estimate of drug-likeness (QED) is 0.847. The zero-order chi connectivity index (χ0) is 16.4. The first-order valence-corrected chi connectivity index (χ1v) is 8.82. The average Bonchev–Trinajstić information content (AvgIpc) is 3.14. The largest absolute Gasteiger partial charge is 0.346 e. The lowest BCUT2D eigenvalue weighted by atomic mass is 10.1. The Balaban J connectivity index is 1.67. The van der Waals surface area contributed by atoms with E-state index in [1.54, 1.807) is 17.5 Å². The minimum absolute atomic E-state index is 0.0708. The first kappa shape index (κ1) is 16.0. The van der Waals surface area contributed by atoms with E-state index < -0.39 is 0 Å². The summed E-state index contributed by atoms with van der Waals surface area (Å²) in [5, 5.41) is 7.36. The van der Waals surface area contributed by atoms with Crippen molar-refractivity contribution in [1.29, 1.82) is 0 Å². The van der Waals surface area contributed by atoms with Crippen LogP contribution >= 0.6 is 11.3 Å². The van der Waals surface area contributed by atoms with E-state index in [1.807, 2.05) is 27.4 Å². The molecular formula is C16H23N5OS. The molecule has 0 aliphatic carbocycles. The van der Waals surface area contributed by atoms with Gasteiger partial charge in [0.05, 0.1) is 17.3 Å². The van der Waals surface area contributed by atoms with E-state index in [1.165, 1.54) is 0 Å². The first-order valence-electron chi connectivity index (χ1n) is 7.94. The Bertz CT molecular complexity index is 658. The number of thiazole rings is 1. The van der Waals surface area contributed by atoms with Crippen LogP contribution in [0.25, 0.3) is 0 Å². The molecule has 3 heterocycles. The smallest absolute Gasteiger partial charge is 0.257 e. The Morgan fingerprint density at radius 3 is 2.70 bits per heavy atom. The van der Waals surface area contributed by atoms with E-state index in [4.69, 9.17) is 0 Å². The van der Waals surface area contributed by atoms with Gasteiger partial charge < -0.3 is 9.80 Å². The van der Waals surface area contributed by atoms with Gasteiger partial charge in [0.25, 0.3) is 5.91 Å². The summed E-state index contributed by atoms with van der Waals surface area (Å²) in [5.74, 6) is 0.0708. The molecule has 0 unspecified atom stereocenters. The summed E-state index contributed by atoms with van der Waals surface area (Å²) < 4.78 is 1.85. The lowest BCUT2D eigenvalue weighted by Gasteiger charge is -2.21. The molecule has 2 aromatic rings. The maximum atomic E-state index is 12.7. The molecule has 0 spiro atoms. The van der Waals surface area contributed by atoms with Gasteiger partial charge in [0, 0.05) is 44.0 Å². The Morgan fingerprint density at radius 2 is 2.04 bits per heavy atom. The van der Waals surface area contributed by atoms with E-state index >= 15 is 0 Å². The second-order valence-corrected chi connectivity index (χ2v) is 7.66. The number of rotatable bonds is 2. The van der Waals surface area contributed by atoms with Crippen LogP contribution in [0, 0.1) is 0 Å². The number of carbonyl (C=O) groups excluding carboxylic acids is 1. The summed E-state index contributed by atoms with van der Waals surface area (Å²) in [6, 6.07) is 0. The number of hydrogen-bond acceptors (Lipinski definition) is 5. The SMILES string of the molecule is CC(C)(C)n1cc(C(=O)N2CCCN(c3nccs3)CC2)cn1. The van der Waals surface area contributed by atoms with Gasteiger partial charge in [-0.05, 0) is 27.2 Å². The summed E-state index contributed by atoms with van der Waals surface area (Å²) in [6.45, 7) is 9.50. The van der Waals surface area contributed by atoms with Crippen molar-refractivity contribution in [2.45, 2.75) is 32.7 Å². The standard InChI is InChI=1S/C16H23N5OS/c1-16(2,3)21-12-13(11-18-21)14(22)19-6-4-7-20(9-8-19)15-17-5-10-23-15/h5,10-12H,4,6-9H2,1-3H3. The fourth-order valence-corrected chi connectivity index (χ4v) is 3.36. The molecule has 3 rings (SSSR count). The van der Waals surface area contributed by atoms with E-state index in [-0.39, 0.29) is 11.4 Å². The third kappa shape index (κ3) is 3.55. The second kappa shape index (κ2) is 6.31. The van der Waals surface area contributed by atoms with Gasteiger partial charge in [-0.2, -0.15) is 5.10 Å². The van der Waals surface area contributed by atoms with Crippen molar-refractivity contribution < 1.29 is 4.79 Å². The molecule has 1 saturated heterocycles. The van der Waals surface area contributed by atoms with Gasteiger partial charge in [0.15, 0.2) is 5.13 Å². The van der Waals surface area contributed by atoms with Gasteiger partial charge in [0.2, 0.25) is 0 Å². The Kier molecular flexibility index (Phi) is 4.39. The molecule has 124 valence electrons. The molecule has 0 N–H and O–H groups in total. The third-order valence-electron chi connectivity index (χ3n) is 3.99. The molecule has 1 fully saturated rings. The van der Waals surface area contributed by atoms with Crippen molar-refractivity contribution in [3.05, 3.63) is 29.5 Å². The minimum Gasteiger partial charge on any atom is -0.346 e. The number of carbonyl (C=O) groups is 1. The van der Waals surface area contributed by atoms with Crippen molar-refractivity contribution in [2.24, 2.45) is 0 Å². The van der Waals surface area contributed by atoms with Crippen LogP contribution in [0.3, 0.4) is 0 Å². The number of anilines is 1. The van der Waals surface area contributed by atoms with E-state index in [2.05, 4.69) is 35.8 Å². The highest BCUT2D eigenvalue weighted by molar-refractivity contribution is 7.13. The fraction of sp³-hybridized carbons (Fsp3) is 0.562. The topological polar surface area (TPSA) is 54.3 Å². The number of amides is 1. The van der Waals surface area contributed by atoms with Gasteiger partial charge >= 0.3 is 0 Å². The average molecular weight is 333 g/mol. The number of aromatic nitrogens is 3. The van der Waals surface area contributed by atoms with Gasteiger partial charge in [-0.1, -0.05) is 0 Å². The molecule has 7 heteroatoms. The van der Waals surface area contributed by atoms with Crippen molar-refractivity contribution in [3.63, 3.8) is 0 Å². The van der Waals surface area contributed by atoms with Crippen LogP contribution in [0.2, 0.25) is 0 Å². The van der Waals surface area contributed by atoms with Crippen LogP contribution in [-0.2, 0) is 5.54 Å². The predicted molar refractivity (Wildman–Crippen MR) is 92.1 cm³/mol. The Hall–Kier alpha value is -1.89. The lowest BCUT2D eigenvalue weighted by molar-refractivity contribution is 0.0767. The molecule has 0 saturated carbocycles. The lowest BCUT2D eigenvalue weighted by Crippen LogP contribution is -2.35. The molecule has 2 aromatic heterocycles. The molecule has 0 aromatic carbocycles. The Morgan fingerprint density at radius 1 is 1.22 bits per heavy atom. The molecule has 0 bridgehead atoms. The van der Waals surface area contributed by atoms with Gasteiger partial charge in [0.1, 0.15) is 0 Å². The summed E-state index contributed by atoms with van der Waals surface area (Å²) in [6.07, 6.45) is 6.32. The van der Waals surface area contributed by atoms with Gasteiger partial charge in [-0.25, -0.2) is 4.98 Å². The summed E-state index contributed by atoms with van der Waals surface area (Å²) in [4.78, 5) is 21.3. The van der Waals surface area contributed by atoms with Crippen LogP contribution in [0.1, 0.15) is 37.6 Å². The van der Waals surface area contributed by atoms with Gasteiger partial charge in [-0.15, -0.1) is 11.3 Å². The van der Waals surface area contributed by atoms with Crippen molar-refractivity contribution >= 4 is 22.4 Å². The van der Waals surface area contributed by atoms with Crippen molar-refractivity contribution in [2.75, 3.05) is 31.1 Å². The molecule has 23 heavy (non-hydrogen) atoms. The normalized spacial score (nSPS) is 16.5. The summed E-state index contributed by atoms with van der Waals surface area (Å²) in [5.41, 5.74) is 0.557. The first-order chi connectivity index (χ1) is 10.9. The molecule has 0 atom stereocenters.